The fraction of sp³-hybridized carbons (Fsp3) is 0.375. The number of hydrogen-bond acceptors (Lipinski definition) is 3. The van der Waals surface area contributed by atoms with Crippen molar-refractivity contribution in [2.45, 2.75) is 39.2 Å². The molecule has 0 saturated carbocycles. The maximum atomic E-state index is 13.1. The van der Waals surface area contributed by atoms with E-state index in [2.05, 4.69) is 10.6 Å². The topological polar surface area (TPSA) is 78.5 Å². The smallest absolute Gasteiger partial charge is 0.255 e. The van der Waals surface area contributed by atoms with Crippen molar-refractivity contribution in [3.05, 3.63) is 65.7 Å². The molecule has 0 spiro atoms. The minimum atomic E-state index is -0.603. The van der Waals surface area contributed by atoms with Gasteiger partial charge in [0.15, 0.2) is 0 Å². The van der Waals surface area contributed by atoms with Crippen LogP contribution < -0.4 is 10.6 Å². The molecule has 0 bridgehead atoms. The number of carbonyl (C=O) groups is 3. The maximum absolute atomic E-state index is 13.1. The number of amides is 3. The molecular formula is C24H29N3O3. The third kappa shape index (κ3) is 5.26. The van der Waals surface area contributed by atoms with Gasteiger partial charge in [-0.2, -0.15) is 0 Å². The molecule has 6 nitrogen and oxygen atoms in total. The second-order valence-corrected chi connectivity index (χ2v) is 7.95. The van der Waals surface area contributed by atoms with Crippen molar-refractivity contribution >= 4 is 23.4 Å². The first-order chi connectivity index (χ1) is 14.5. The highest BCUT2D eigenvalue weighted by atomic mass is 16.2. The molecule has 2 N–H and O–H groups in total. The Bertz CT molecular complexity index is 890. The number of anilines is 1. The monoisotopic (exact) mass is 407 g/mol. The fourth-order valence-corrected chi connectivity index (χ4v) is 3.62. The fourth-order valence-electron chi connectivity index (χ4n) is 3.62. The average Bonchev–Trinajstić information content (AvgIpc) is 2.78. The molecule has 1 fully saturated rings. The number of piperidine rings is 1. The quantitative estimate of drug-likeness (QED) is 0.766. The molecule has 3 rings (SSSR count). The molecule has 0 aliphatic carbocycles. The summed E-state index contributed by atoms with van der Waals surface area (Å²) in [4.78, 5) is 40.4. The largest absolute Gasteiger partial charge is 0.341 e. The number of rotatable bonds is 6. The van der Waals surface area contributed by atoms with Crippen molar-refractivity contribution in [1.29, 1.82) is 0 Å². The number of likely N-dealkylation sites (tertiary alicyclic amines) is 1. The van der Waals surface area contributed by atoms with Crippen LogP contribution in [0.1, 0.15) is 53.8 Å². The Labute approximate surface area is 177 Å². The Kier molecular flexibility index (Phi) is 7.22. The van der Waals surface area contributed by atoms with Crippen LogP contribution in [0.4, 0.5) is 5.69 Å². The van der Waals surface area contributed by atoms with E-state index < -0.39 is 6.04 Å². The lowest BCUT2D eigenvalue weighted by molar-refractivity contribution is -0.135. The Morgan fingerprint density at radius 3 is 2.13 bits per heavy atom. The van der Waals surface area contributed by atoms with Crippen LogP contribution in [-0.2, 0) is 4.79 Å². The number of nitrogens with one attached hydrogen (secondary N) is 2. The molecule has 1 heterocycles. The van der Waals surface area contributed by atoms with E-state index in [1.165, 1.54) is 0 Å². The summed E-state index contributed by atoms with van der Waals surface area (Å²) in [5.41, 5.74) is 1.25. The summed E-state index contributed by atoms with van der Waals surface area (Å²) in [6.45, 7) is 5.33. The highest BCUT2D eigenvalue weighted by Crippen LogP contribution is 2.18. The lowest BCUT2D eigenvalue weighted by Crippen LogP contribution is -2.52. The van der Waals surface area contributed by atoms with E-state index in [1.54, 1.807) is 48.5 Å². The van der Waals surface area contributed by atoms with Crippen molar-refractivity contribution in [1.82, 2.24) is 10.2 Å². The second kappa shape index (κ2) is 10.1. The molecule has 1 aliphatic heterocycles. The first kappa shape index (κ1) is 21.6. The zero-order chi connectivity index (χ0) is 21.5. The zero-order valence-electron chi connectivity index (χ0n) is 17.6. The first-order valence-electron chi connectivity index (χ1n) is 10.5. The summed E-state index contributed by atoms with van der Waals surface area (Å²) in [6, 6.07) is 15.1. The van der Waals surface area contributed by atoms with Crippen LogP contribution >= 0.6 is 0 Å². The number of hydrogen-bond donors (Lipinski definition) is 2. The number of benzene rings is 2. The van der Waals surface area contributed by atoms with Crippen molar-refractivity contribution in [3.63, 3.8) is 0 Å². The standard InChI is InChI=1S/C24H29N3O3/c1-17(2)21(24(30)27-15-9-4-10-16-27)26-23(29)19-13-7-8-14-20(19)25-22(28)18-11-5-3-6-12-18/h3,5-8,11-14,17,21H,4,9-10,15-16H2,1-2H3,(H,25,28)(H,26,29)/t21-/m1/s1. The molecule has 0 unspecified atom stereocenters. The second-order valence-electron chi connectivity index (χ2n) is 7.95. The normalized spacial score (nSPS) is 14.8. The lowest BCUT2D eigenvalue weighted by Gasteiger charge is -2.32. The van der Waals surface area contributed by atoms with Crippen molar-refractivity contribution in [2.24, 2.45) is 5.92 Å². The van der Waals surface area contributed by atoms with Crippen LogP contribution in [0, 0.1) is 5.92 Å². The van der Waals surface area contributed by atoms with E-state index in [0.29, 0.717) is 16.8 Å². The summed E-state index contributed by atoms with van der Waals surface area (Å²) in [5, 5.41) is 5.71. The van der Waals surface area contributed by atoms with Crippen LogP contribution in [0.15, 0.2) is 54.6 Å². The van der Waals surface area contributed by atoms with E-state index in [-0.39, 0.29) is 23.6 Å². The van der Waals surface area contributed by atoms with Crippen LogP contribution in [0.3, 0.4) is 0 Å². The SMILES string of the molecule is CC(C)[C@@H](NC(=O)c1ccccc1NC(=O)c1ccccc1)C(=O)N1CCCCC1. The van der Waals surface area contributed by atoms with E-state index in [1.807, 2.05) is 24.8 Å². The summed E-state index contributed by atoms with van der Waals surface area (Å²) in [6.07, 6.45) is 3.13. The summed E-state index contributed by atoms with van der Waals surface area (Å²) in [7, 11) is 0. The van der Waals surface area contributed by atoms with Gasteiger partial charge in [0.05, 0.1) is 11.3 Å². The van der Waals surface area contributed by atoms with E-state index in [0.717, 1.165) is 32.4 Å². The third-order valence-electron chi connectivity index (χ3n) is 5.34. The van der Waals surface area contributed by atoms with Crippen molar-refractivity contribution < 1.29 is 14.4 Å². The van der Waals surface area contributed by atoms with Gasteiger partial charge in [-0.25, -0.2) is 0 Å². The van der Waals surface area contributed by atoms with Crippen LogP contribution in [-0.4, -0.2) is 41.8 Å². The third-order valence-corrected chi connectivity index (χ3v) is 5.34. The van der Waals surface area contributed by atoms with Crippen LogP contribution in [0.25, 0.3) is 0 Å². The number of para-hydroxylation sites is 1. The molecule has 30 heavy (non-hydrogen) atoms. The van der Waals surface area contributed by atoms with Gasteiger partial charge in [0.25, 0.3) is 11.8 Å². The van der Waals surface area contributed by atoms with Crippen molar-refractivity contribution in [3.8, 4) is 0 Å². The molecule has 1 atom stereocenters. The van der Waals surface area contributed by atoms with Gasteiger partial charge < -0.3 is 15.5 Å². The molecule has 2 aromatic carbocycles. The van der Waals surface area contributed by atoms with Gasteiger partial charge in [-0.05, 0) is 49.4 Å². The van der Waals surface area contributed by atoms with Crippen molar-refractivity contribution in [2.75, 3.05) is 18.4 Å². The number of nitrogens with zero attached hydrogens (tertiary/aromatic N) is 1. The summed E-state index contributed by atoms with van der Waals surface area (Å²) < 4.78 is 0. The van der Waals surface area contributed by atoms with Crippen LogP contribution in [0.2, 0.25) is 0 Å². The van der Waals surface area contributed by atoms with E-state index >= 15 is 0 Å². The zero-order valence-corrected chi connectivity index (χ0v) is 17.6. The minimum absolute atomic E-state index is 0.0381. The molecule has 0 radical (unpaired) electrons. The summed E-state index contributed by atoms with van der Waals surface area (Å²) >= 11 is 0. The Morgan fingerprint density at radius 1 is 0.833 bits per heavy atom. The maximum Gasteiger partial charge on any atom is 0.255 e. The predicted molar refractivity (Wildman–Crippen MR) is 117 cm³/mol. The van der Waals surface area contributed by atoms with Gasteiger partial charge in [0, 0.05) is 18.7 Å². The molecule has 1 aliphatic rings. The molecule has 158 valence electrons. The van der Waals surface area contributed by atoms with Gasteiger partial charge in [-0.15, -0.1) is 0 Å². The van der Waals surface area contributed by atoms with Gasteiger partial charge >= 0.3 is 0 Å². The predicted octanol–water partition coefficient (Wildman–Crippen LogP) is 3.71. The van der Waals surface area contributed by atoms with Gasteiger partial charge in [-0.3, -0.25) is 14.4 Å². The molecule has 3 amide bonds. The Hall–Kier alpha value is -3.15. The Morgan fingerprint density at radius 2 is 1.47 bits per heavy atom. The summed E-state index contributed by atoms with van der Waals surface area (Å²) in [5.74, 6) is -0.748. The minimum Gasteiger partial charge on any atom is -0.341 e. The van der Waals surface area contributed by atoms with Gasteiger partial charge in [-0.1, -0.05) is 44.2 Å². The Balaban J connectivity index is 1.75. The molecular weight excluding hydrogens is 378 g/mol. The first-order valence-corrected chi connectivity index (χ1v) is 10.5. The number of carbonyl (C=O) groups excluding carboxylic acids is 3. The van der Waals surface area contributed by atoms with Gasteiger partial charge in [0.2, 0.25) is 5.91 Å². The lowest BCUT2D eigenvalue weighted by atomic mass is 10.00. The van der Waals surface area contributed by atoms with Gasteiger partial charge in [0.1, 0.15) is 6.04 Å². The highest BCUT2D eigenvalue weighted by Gasteiger charge is 2.30. The van der Waals surface area contributed by atoms with E-state index in [9.17, 15) is 14.4 Å². The molecule has 1 saturated heterocycles. The molecule has 2 aromatic rings. The van der Waals surface area contributed by atoms with Crippen LogP contribution in [0.5, 0.6) is 0 Å². The molecule has 0 aromatic heterocycles. The molecule has 6 heteroatoms. The highest BCUT2D eigenvalue weighted by molar-refractivity contribution is 6.09. The van der Waals surface area contributed by atoms with E-state index in [4.69, 9.17) is 0 Å². The average molecular weight is 408 g/mol.